The average molecular weight is 260 g/mol. The van der Waals surface area contributed by atoms with Crippen molar-refractivity contribution in [1.82, 2.24) is 0 Å². The Kier molecular flexibility index (Phi) is 2.18. The summed E-state index contributed by atoms with van der Waals surface area (Å²) in [7, 11) is 0. The van der Waals surface area contributed by atoms with Crippen molar-refractivity contribution in [3.05, 3.63) is 72.3 Å². The molecule has 0 fully saturated rings. The number of hydrogen-bond acceptors (Lipinski definition) is 3. The SMILES string of the molecule is C=C[C@H]1c2ccccc2N=C2C(=O)c3ccccc3N21. The normalized spacial score (nSPS) is 19.0. The fourth-order valence-corrected chi connectivity index (χ4v) is 2.93. The number of benzene rings is 2. The van der Waals surface area contributed by atoms with Crippen LogP contribution in [0, 0.1) is 0 Å². The Bertz CT molecular complexity index is 776. The summed E-state index contributed by atoms with van der Waals surface area (Å²) in [6, 6.07) is 15.5. The Balaban J connectivity index is 2.02. The van der Waals surface area contributed by atoms with Crippen molar-refractivity contribution >= 4 is 23.0 Å². The number of hydrogen-bond donors (Lipinski definition) is 0. The zero-order valence-corrected chi connectivity index (χ0v) is 10.8. The lowest BCUT2D eigenvalue weighted by Crippen LogP contribution is -2.35. The van der Waals surface area contributed by atoms with Crippen LogP contribution in [0.2, 0.25) is 0 Å². The Morgan fingerprint density at radius 2 is 1.85 bits per heavy atom. The highest BCUT2D eigenvalue weighted by molar-refractivity contribution is 6.55. The maximum absolute atomic E-state index is 12.5. The number of carbonyl (C=O) groups excluding carboxylic acids is 1. The monoisotopic (exact) mass is 260 g/mol. The van der Waals surface area contributed by atoms with Gasteiger partial charge < -0.3 is 4.90 Å². The number of nitrogens with zero attached hydrogens (tertiary/aromatic N) is 2. The van der Waals surface area contributed by atoms with Crippen LogP contribution in [0.5, 0.6) is 0 Å². The number of aliphatic imine (C=N–C) groups is 1. The van der Waals surface area contributed by atoms with Crippen LogP contribution in [0.1, 0.15) is 22.0 Å². The van der Waals surface area contributed by atoms with E-state index in [1.165, 1.54) is 0 Å². The zero-order chi connectivity index (χ0) is 13.7. The molecular formula is C17H12N2O. The predicted octanol–water partition coefficient (Wildman–Crippen LogP) is 3.66. The summed E-state index contributed by atoms with van der Waals surface area (Å²) >= 11 is 0. The van der Waals surface area contributed by atoms with Gasteiger partial charge in [-0.3, -0.25) is 4.79 Å². The molecule has 0 radical (unpaired) electrons. The summed E-state index contributed by atoms with van der Waals surface area (Å²) in [5, 5.41) is 0. The van der Waals surface area contributed by atoms with Gasteiger partial charge in [-0.05, 0) is 18.2 Å². The van der Waals surface area contributed by atoms with E-state index >= 15 is 0 Å². The Morgan fingerprint density at radius 3 is 2.70 bits per heavy atom. The summed E-state index contributed by atoms with van der Waals surface area (Å²) in [6.07, 6.45) is 1.86. The molecule has 2 aromatic carbocycles. The summed E-state index contributed by atoms with van der Waals surface area (Å²) in [5.41, 5.74) is 3.56. The van der Waals surface area contributed by atoms with Crippen LogP contribution in [0.3, 0.4) is 0 Å². The van der Waals surface area contributed by atoms with Gasteiger partial charge in [0.05, 0.1) is 17.4 Å². The smallest absolute Gasteiger partial charge is 0.230 e. The lowest BCUT2D eigenvalue weighted by Gasteiger charge is -2.32. The summed E-state index contributed by atoms with van der Waals surface area (Å²) in [4.78, 5) is 19.0. The Morgan fingerprint density at radius 1 is 1.10 bits per heavy atom. The molecule has 0 saturated carbocycles. The number of fused-ring (bicyclic) bond motifs is 4. The maximum Gasteiger partial charge on any atom is 0.230 e. The molecule has 1 atom stereocenters. The highest BCUT2D eigenvalue weighted by Crippen LogP contribution is 2.43. The van der Waals surface area contributed by atoms with Crippen LogP contribution in [0.4, 0.5) is 11.4 Å². The highest BCUT2D eigenvalue weighted by Gasteiger charge is 2.40. The van der Waals surface area contributed by atoms with Crippen LogP contribution in [-0.2, 0) is 0 Å². The molecule has 0 N–H and O–H groups in total. The fraction of sp³-hybridized carbons (Fsp3) is 0.0588. The van der Waals surface area contributed by atoms with E-state index in [1.807, 2.05) is 59.5 Å². The van der Waals surface area contributed by atoms with Crippen molar-refractivity contribution in [2.24, 2.45) is 4.99 Å². The molecule has 96 valence electrons. The Labute approximate surface area is 116 Å². The maximum atomic E-state index is 12.5. The molecule has 0 saturated heterocycles. The van der Waals surface area contributed by atoms with Crippen molar-refractivity contribution in [1.29, 1.82) is 0 Å². The molecule has 3 heteroatoms. The van der Waals surface area contributed by atoms with Gasteiger partial charge in [0.2, 0.25) is 5.78 Å². The van der Waals surface area contributed by atoms with Crippen LogP contribution in [0.25, 0.3) is 0 Å². The van der Waals surface area contributed by atoms with E-state index in [1.54, 1.807) is 0 Å². The molecular weight excluding hydrogens is 248 g/mol. The average Bonchev–Trinajstić information content (AvgIpc) is 2.79. The molecule has 0 aliphatic carbocycles. The number of Topliss-reactive ketones (excluding diaryl/α,β-unsaturated/α-hetero) is 1. The minimum atomic E-state index is -0.0497. The molecule has 2 aromatic rings. The van der Waals surface area contributed by atoms with Crippen LogP contribution >= 0.6 is 0 Å². The van der Waals surface area contributed by atoms with Crippen LogP contribution in [-0.4, -0.2) is 11.6 Å². The molecule has 0 amide bonds. The molecule has 2 aliphatic rings. The topological polar surface area (TPSA) is 32.7 Å². The molecule has 0 bridgehead atoms. The molecule has 4 rings (SSSR count). The second kappa shape index (κ2) is 3.90. The third-order valence-corrected chi connectivity index (χ3v) is 3.82. The lowest BCUT2D eigenvalue weighted by molar-refractivity contribution is 0.106. The second-order valence-electron chi connectivity index (χ2n) is 4.89. The third kappa shape index (κ3) is 1.29. The van der Waals surface area contributed by atoms with Gasteiger partial charge in [-0.1, -0.05) is 36.4 Å². The quantitative estimate of drug-likeness (QED) is 0.733. The molecule has 0 aromatic heterocycles. The van der Waals surface area contributed by atoms with Gasteiger partial charge in [0.1, 0.15) is 0 Å². The van der Waals surface area contributed by atoms with E-state index in [0.29, 0.717) is 11.4 Å². The van der Waals surface area contributed by atoms with Crippen molar-refractivity contribution in [3.8, 4) is 0 Å². The zero-order valence-electron chi connectivity index (χ0n) is 10.8. The molecule has 2 aliphatic heterocycles. The largest absolute Gasteiger partial charge is 0.311 e. The van der Waals surface area contributed by atoms with Crippen LogP contribution in [0.15, 0.2) is 66.2 Å². The third-order valence-electron chi connectivity index (χ3n) is 3.82. The van der Waals surface area contributed by atoms with Gasteiger partial charge in [-0.15, -0.1) is 6.58 Å². The molecule has 0 unspecified atom stereocenters. The Hall–Kier alpha value is -2.68. The van der Waals surface area contributed by atoms with E-state index in [4.69, 9.17) is 0 Å². The van der Waals surface area contributed by atoms with E-state index in [9.17, 15) is 4.79 Å². The van der Waals surface area contributed by atoms with Gasteiger partial charge >= 0.3 is 0 Å². The molecule has 3 nitrogen and oxygen atoms in total. The number of anilines is 1. The number of amidine groups is 1. The van der Waals surface area contributed by atoms with E-state index in [-0.39, 0.29) is 11.8 Å². The van der Waals surface area contributed by atoms with E-state index in [2.05, 4.69) is 11.6 Å². The first-order chi connectivity index (χ1) is 9.81. The minimum absolute atomic E-state index is 0.0121. The lowest BCUT2D eigenvalue weighted by atomic mass is 10.0. The van der Waals surface area contributed by atoms with Crippen LogP contribution < -0.4 is 4.90 Å². The number of ketones is 1. The van der Waals surface area contributed by atoms with Gasteiger partial charge in [-0.25, -0.2) is 4.99 Å². The first-order valence-electron chi connectivity index (χ1n) is 6.54. The van der Waals surface area contributed by atoms with Gasteiger partial charge in [-0.2, -0.15) is 0 Å². The predicted molar refractivity (Wildman–Crippen MR) is 79.7 cm³/mol. The number of rotatable bonds is 1. The van der Waals surface area contributed by atoms with Crippen molar-refractivity contribution in [2.45, 2.75) is 6.04 Å². The molecule has 0 spiro atoms. The first kappa shape index (κ1) is 11.2. The summed E-state index contributed by atoms with van der Waals surface area (Å²) in [6.45, 7) is 3.93. The summed E-state index contributed by atoms with van der Waals surface area (Å²) in [5.74, 6) is 0.483. The highest BCUT2D eigenvalue weighted by atomic mass is 16.1. The van der Waals surface area contributed by atoms with Gasteiger partial charge in [0.15, 0.2) is 5.84 Å². The molecule has 20 heavy (non-hydrogen) atoms. The molecule has 2 heterocycles. The van der Waals surface area contributed by atoms with E-state index in [0.717, 1.165) is 16.9 Å². The van der Waals surface area contributed by atoms with Crippen molar-refractivity contribution < 1.29 is 4.79 Å². The first-order valence-corrected chi connectivity index (χ1v) is 6.54. The van der Waals surface area contributed by atoms with E-state index < -0.39 is 0 Å². The second-order valence-corrected chi connectivity index (χ2v) is 4.89. The number of para-hydroxylation sites is 2. The van der Waals surface area contributed by atoms with Crippen molar-refractivity contribution in [3.63, 3.8) is 0 Å². The number of carbonyl (C=O) groups is 1. The minimum Gasteiger partial charge on any atom is -0.311 e. The van der Waals surface area contributed by atoms with Gasteiger partial charge in [0.25, 0.3) is 0 Å². The fourth-order valence-electron chi connectivity index (χ4n) is 2.93. The van der Waals surface area contributed by atoms with Crippen molar-refractivity contribution in [2.75, 3.05) is 4.90 Å². The summed E-state index contributed by atoms with van der Waals surface area (Å²) < 4.78 is 0. The standard InChI is InChI=1S/C17H12N2O/c1-2-14-11-7-3-5-9-13(11)18-17-16(20)12-8-4-6-10-15(12)19(14)17/h2-10,14H,1H2/t14-/m0/s1. The van der Waals surface area contributed by atoms with Gasteiger partial charge in [0, 0.05) is 11.1 Å².